The lowest BCUT2D eigenvalue weighted by molar-refractivity contribution is -0.129. The molecule has 3 aliphatic rings. The third-order valence-corrected chi connectivity index (χ3v) is 10.4. The number of fused-ring (bicyclic) bond motifs is 2. The molecule has 0 bridgehead atoms. The molecule has 0 aliphatic carbocycles. The average molecular weight is 662 g/mol. The Hall–Kier alpha value is -3.80. The van der Waals surface area contributed by atoms with Crippen LogP contribution in [0.3, 0.4) is 0 Å². The minimum atomic E-state index is -0.795. The zero-order valence-electron chi connectivity index (χ0n) is 26.0. The second-order valence-electron chi connectivity index (χ2n) is 12.3. The predicted octanol–water partition coefficient (Wildman–Crippen LogP) is 5.82. The third kappa shape index (κ3) is 6.15. The number of carbonyl (C=O) groups is 1. The van der Waals surface area contributed by atoms with Crippen LogP contribution in [0.25, 0.3) is 16.8 Å². The van der Waals surface area contributed by atoms with E-state index in [-0.39, 0.29) is 6.04 Å². The number of piperazine rings is 1. The first-order valence-electron chi connectivity index (χ1n) is 15.8. The Kier molecular flexibility index (Phi) is 8.80. The van der Waals surface area contributed by atoms with Crippen molar-refractivity contribution in [3.8, 4) is 6.01 Å². The number of carbonyl (C=O) groups excluding carboxylic acids is 1. The molecule has 3 aliphatic heterocycles. The van der Waals surface area contributed by atoms with E-state index in [0.29, 0.717) is 49.8 Å². The van der Waals surface area contributed by atoms with Crippen LogP contribution < -0.4 is 14.5 Å². The average Bonchev–Trinajstić information content (AvgIpc) is 3.74. The van der Waals surface area contributed by atoms with Gasteiger partial charge in [0.25, 0.3) is 5.91 Å². The maximum atomic E-state index is 14.9. The number of rotatable bonds is 7. The van der Waals surface area contributed by atoms with E-state index in [1.165, 1.54) is 17.4 Å². The number of aromatic nitrogens is 3. The molecule has 0 N–H and O–H groups in total. The Labute approximate surface area is 277 Å². The molecular weight excluding hydrogens is 625 g/mol. The van der Waals surface area contributed by atoms with Crippen molar-refractivity contribution < 1.29 is 13.9 Å². The van der Waals surface area contributed by atoms with Gasteiger partial charge < -0.3 is 24.3 Å². The molecule has 12 heteroatoms. The first-order valence-corrected chi connectivity index (χ1v) is 17.1. The van der Waals surface area contributed by atoms with Crippen LogP contribution in [-0.4, -0.2) is 89.1 Å². The van der Waals surface area contributed by atoms with Gasteiger partial charge in [-0.2, -0.15) is 9.97 Å². The predicted molar refractivity (Wildman–Crippen MR) is 181 cm³/mol. The minimum absolute atomic E-state index is 0.0897. The van der Waals surface area contributed by atoms with Crippen molar-refractivity contribution in [3.05, 3.63) is 75.1 Å². The van der Waals surface area contributed by atoms with Crippen molar-refractivity contribution >= 4 is 57.2 Å². The highest BCUT2D eigenvalue weighted by molar-refractivity contribution is 7.10. The number of thiazole rings is 1. The zero-order valence-corrected chi connectivity index (χ0v) is 27.6. The Morgan fingerprint density at radius 3 is 2.76 bits per heavy atom. The summed E-state index contributed by atoms with van der Waals surface area (Å²) in [7, 11) is 2.13. The lowest BCUT2D eigenvalue weighted by atomic mass is 10.0. The maximum absolute atomic E-state index is 14.9. The van der Waals surface area contributed by atoms with Crippen LogP contribution in [0.5, 0.6) is 6.01 Å². The number of likely N-dealkylation sites (tertiary alicyclic amines) is 1. The maximum Gasteiger partial charge on any atom is 0.318 e. The Morgan fingerprint density at radius 2 is 2.00 bits per heavy atom. The monoisotopic (exact) mass is 661 g/mol. The van der Waals surface area contributed by atoms with Crippen LogP contribution in [0.1, 0.15) is 36.0 Å². The first kappa shape index (κ1) is 30.8. The van der Waals surface area contributed by atoms with Crippen LogP contribution in [0.15, 0.2) is 53.8 Å². The molecule has 0 unspecified atom stereocenters. The standard InChI is InChI=1S/C34H37ClFN7O2S/c1-22-19-42(33(44)27(36)18-30-37-12-17-46-30)15-16-43(22)32-25-11-14-41(29-10-4-7-23-6-3-9-26(35)31(23)29)20-28(25)38-34(39-32)45-21-24-8-5-13-40(24)2/h3-4,6-7,9-10,12,17-18,22,24H,5,8,11,13-16,19-21H2,1-2H3/b27-18-/t22-,24-/m0/s1. The highest BCUT2D eigenvalue weighted by Gasteiger charge is 2.34. The number of hydrogen-bond donors (Lipinski definition) is 0. The lowest BCUT2D eigenvalue weighted by Crippen LogP contribution is -2.54. The highest BCUT2D eigenvalue weighted by Crippen LogP contribution is 2.37. The fourth-order valence-corrected chi connectivity index (χ4v) is 7.71. The van der Waals surface area contributed by atoms with Gasteiger partial charge >= 0.3 is 6.01 Å². The number of halogens is 2. The van der Waals surface area contributed by atoms with Gasteiger partial charge in [-0.15, -0.1) is 11.3 Å². The largest absolute Gasteiger partial charge is 0.462 e. The van der Waals surface area contributed by atoms with E-state index in [9.17, 15) is 9.18 Å². The zero-order chi connectivity index (χ0) is 31.8. The summed E-state index contributed by atoms with van der Waals surface area (Å²) in [6, 6.07) is 12.9. The van der Waals surface area contributed by atoms with Gasteiger partial charge in [-0.1, -0.05) is 35.9 Å². The number of benzene rings is 2. The van der Waals surface area contributed by atoms with Crippen LogP contribution in [0, 0.1) is 0 Å². The first-order chi connectivity index (χ1) is 22.4. The van der Waals surface area contributed by atoms with E-state index in [0.717, 1.165) is 70.9 Å². The quantitative estimate of drug-likeness (QED) is 0.229. The Morgan fingerprint density at radius 1 is 1.15 bits per heavy atom. The minimum Gasteiger partial charge on any atom is -0.462 e. The molecule has 0 saturated carbocycles. The van der Waals surface area contributed by atoms with E-state index < -0.39 is 11.7 Å². The summed E-state index contributed by atoms with van der Waals surface area (Å²) in [4.78, 5) is 35.5. The Balaban J connectivity index is 1.17. The van der Waals surface area contributed by atoms with Gasteiger partial charge in [-0.3, -0.25) is 4.79 Å². The van der Waals surface area contributed by atoms with Gasteiger partial charge in [0.1, 0.15) is 17.4 Å². The molecule has 7 rings (SSSR count). The van der Waals surface area contributed by atoms with E-state index >= 15 is 0 Å². The van der Waals surface area contributed by atoms with Crippen LogP contribution >= 0.6 is 22.9 Å². The summed E-state index contributed by atoms with van der Waals surface area (Å²) in [6.45, 7) is 6.29. The van der Waals surface area contributed by atoms with Crippen LogP contribution in [0.4, 0.5) is 15.9 Å². The van der Waals surface area contributed by atoms with Crippen molar-refractivity contribution in [2.75, 3.05) is 56.2 Å². The van der Waals surface area contributed by atoms with Crippen molar-refractivity contribution in [2.24, 2.45) is 0 Å². The molecule has 4 aromatic rings. The van der Waals surface area contributed by atoms with Gasteiger partial charge in [-0.05, 0) is 57.3 Å². The molecular formula is C34H37ClFN7O2S. The summed E-state index contributed by atoms with van der Waals surface area (Å²) in [6.07, 6.45) is 5.80. The fourth-order valence-electron chi connectivity index (χ4n) is 6.88. The molecule has 0 spiro atoms. The highest BCUT2D eigenvalue weighted by atomic mass is 35.5. The van der Waals surface area contributed by atoms with E-state index in [4.69, 9.17) is 26.3 Å². The van der Waals surface area contributed by atoms with Gasteiger partial charge in [0.15, 0.2) is 5.83 Å². The summed E-state index contributed by atoms with van der Waals surface area (Å²) in [5, 5.41) is 5.10. The van der Waals surface area contributed by atoms with E-state index in [2.05, 4.69) is 57.9 Å². The van der Waals surface area contributed by atoms with Gasteiger partial charge in [-0.25, -0.2) is 9.37 Å². The SMILES string of the molecule is C[C@H]1CN(C(=O)/C(F)=C/c2nccs2)CCN1c1nc(OC[C@@H]2CCCN2C)nc2c1CCN(c1cccc3cccc(Cl)c13)C2. The molecule has 2 saturated heterocycles. The van der Waals surface area contributed by atoms with Crippen LogP contribution in [-0.2, 0) is 17.8 Å². The second-order valence-corrected chi connectivity index (χ2v) is 13.6. The number of likely N-dealkylation sites (N-methyl/N-ethyl adjacent to an activating group) is 1. The molecule has 46 heavy (non-hydrogen) atoms. The van der Waals surface area contributed by atoms with E-state index in [1.807, 2.05) is 12.1 Å². The Bertz CT molecular complexity index is 1760. The number of anilines is 2. The fraction of sp³-hybridized carbons (Fsp3) is 0.412. The van der Waals surface area contributed by atoms with Crippen molar-refractivity contribution in [1.82, 2.24) is 24.8 Å². The summed E-state index contributed by atoms with van der Waals surface area (Å²) in [5.74, 6) is -0.564. The van der Waals surface area contributed by atoms with Crippen molar-refractivity contribution in [1.29, 1.82) is 0 Å². The van der Waals surface area contributed by atoms with Gasteiger partial charge in [0.05, 0.1) is 17.3 Å². The summed E-state index contributed by atoms with van der Waals surface area (Å²) < 4.78 is 21.2. The summed E-state index contributed by atoms with van der Waals surface area (Å²) in [5.41, 5.74) is 3.10. The molecule has 2 aromatic heterocycles. The number of ether oxygens (including phenoxy) is 1. The molecule has 2 aromatic carbocycles. The molecule has 1 amide bonds. The topological polar surface area (TPSA) is 77.9 Å². The molecule has 0 radical (unpaired) electrons. The second kappa shape index (κ2) is 13.1. The lowest BCUT2D eigenvalue weighted by Gasteiger charge is -2.42. The molecule has 2 atom stereocenters. The van der Waals surface area contributed by atoms with Gasteiger partial charge in [0.2, 0.25) is 0 Å². The molecule has 2 fully saturated rings. The molecule has 9 nitrogen and oxygen atoms in total. The third-order valence-electron chi connectivity index (χ3n) is 9.36. The number of hydrogen-bond acceptors (Lipinski definition) is 9. The van der Waals surface area contributed by atoms with Gasteiger partial charge in [0, 0.05) is 72.6 Å². The number of nitrogens with zero attached hydrogens (tertiary/aromatic N) is 7. The van der Waals surface area contributed by atoms with E-state index in [1.54, 1.807) is 16.5 Å². The smallest absolute Gasteiger partial charge is 0.318 e. The van der Waals surface area contributed by atoms with Crippen molar-refractivity contribution in [2.45, 2.75) is 44.8 Å². The van der Waals surface area contributed by atoms with Crippen LogP contribution in [0.2, 0.25) is 5.02 Å². The molecule has 240 valence electrons. The summed E-state index contributed by atoms with van der Waals surface area (Å²) >= 11 is 8.01. The molecule has 5 heterocycles. The number of amides is 1. The normalized spacial score (nSPS) is 20.8. The van der Waals surface area contributed by atoms with Crippen molar-refractivity contribution in [3.63, 3.8) is 0 Å².